The van der Waals surface area contributed by atoms with Crippen LogP contribution in [0.1, 0.15) is 17.4 Å². The number of carbonyl (C=O) groups excluding carboxylic acids is 2. The van der Waals surface area contributed by atoms with E-state index in [0.717, 1.165) is 0 Å². The zero-order valence-electron chi connectivity index (χ0n) is 16.0. The highest BCUT2D eigenvalue weighted by Gasteiger charge is 2.34. The lowest BCUT2D eigenvalue weighted by Crippen LogP contribution is -2.50. The summed E-state index contributed by atoms with van der Waals surface area (Å²) in [6, 6.07) is 7.77. The first-order valence-electron chi connectivity index (χ1n) is 9.29. The maximum Gasteiger partial charge on any atom is 0.272 e. The number of anilines is 1. The first-order chi connectivity index (χ1) is 14.3. The van der Waals surface area contributed by atoms with Gasteiger partial charge in [0.05, 0.1) is 10.7 Å². The van der Waals surface area contributed by atoms with Gasteiger partial charge in [0.25, 0.3) is 11.8 Å². The molecule has 2 aliphatic heterocycles. The smallest absolute Gasteiger partial charge is 0.272 e. The van der Waals surface area contributed by atoms with Crippen LogP contribution in [0.5, 0.6) is 5.75 Å². The van der Waals surface area contributed by atoms with Crippen LogP contribution in [0.25, 0.3) is 0 Å². The molecule has 1 aromatic heterocycles. The van der Waals surface area contributed by atoms with Crippen LogP contribution in [0.15, 0.2) is 41.4 Å². The Kier molecular flexibility index (Phi) is 5.39. The second-order valence-corrected chi connectivity index (χ2v) is 9.25. The van der Waals surface area contributed by atoms with Gasteiger partial charge in [-0.3, -0.25) is 14.6 Å². The van der Waals surface area contributed by atoms with E-state index in [1.54, 1.807) is 30.0 Å². The number of amides is 2. The summed E-state index contributed by atoms with van der Waals surface area (Å²) in [4.78, 5) is 29.8. The molecule has 1 fully saturated rings. The summed E-state index contributed by atoms with van der Waals surface area (Å²) in [5, 5.41) is 2.62. The van der Waals surface area contributed by atoms with Gasteiger partial charge in [0.2, 0.25) is 10.0 Å². The number of halogens is 1. The third kappa shape index (κ3) is 3.73. The van der Waals surface area contributed by atoms with Crippen LogP contribution in [-0.2, 0) is 14.8 Å². The fourth-order valence-electron chi connectivity index (χ4n) is 3.33. The Morgan fingerprint density at radius 1 is 1.23 bits per heavy atom. The number of nitrogens with zero attached hydrogens (tertiary/aromatic N) is 3. The number of ether oxygens (including phenoxy) is 1. The number of carbonyl (C=O) groups is 2. The molecule has 1 unspecified atom stereocenters. The third-order valence-electron chi connectivity index (χ3n) is 4.99. The van der Waals surface area contributed by atoms with Crippen molar-refractivity contribution in [2.75, 3.05) is 31.5 Å². The van der Waals surface area contributed by atoms with Crippen LogP contribution in [0.2, 0.25) is 5.02 Å². The Labute approximate surface area is 178 Å². The van der Waals surface area contributed by atoms with Gasteiger partial charge in [0.1, 0.15) is 16.3 Å². The lowest BCUT2D eigenvalue weighted by atomic mass is 10.2. The van der Waals surface area contributed by atoms with Crippen LogP contribution >= 0.6 is 11.6 Å². The van der Waals surface area contributed by atoms with E-state index in [2.05, 4.69) is 10.3 Å². The zero-order chi connectivity index (χ0) is 21.5. The van der Waals surface area contributed by atoms with Crippen molar-refractivity contribution in [2.45, 2.75) is 17.9 Å². The minimum absolute atomic E-state index is 0.0146. The SMILES string of the molecule is CC1Oc2cc(S(=O)(=O)N3CCN(C(=O)c4ccccn4)CC3)c(Cl)cc2NC1=O. The lowest BCUT2D eigenvalue weighted by Gasteiger charge is -2.34. The molecule has 0 saturated carbocycles. The van der Waals surface area contributed by atoms with Gasteiger partial charge in [0.15, 0.2) is 6.10 Å². The van der Waals surface area contributed by atoms with Gasteiger partial charge in [-0.15, -0.1) is 0 Å². The molecule has 1 N–H and O–H groups in total. The van der Waals surface area contributed by atoms with Gasteiger partial charge in [-0.2, -0.15) is 4.31 Å². The van der Waals surface area contributed by atoms with E-state index in [4.69, 9.17) is 16.3 Å². The molecule has 2 amide bonds. The van der Waals surface area contributed by atoms with Crippen molar-refractivity contribution >= 4 is 39.1 Å². The summed E-state index contributed by atoms with van der Waals surface area (Å²) < 4.78 is 33.1. The maximum absolute atomic E-state index is 13.2. The van der Waals surface area contributed by atoms with E-state index in [9.17, 15) is 18.0 Å². The number of nitrogens with one attached hydrogen (secondary N) is 1. The fraction of sp³-hybridized carbons (Fsp3) is 0.316. The van der Waals surface area contributed by atoms with Crippen molar-refractivity contribution in [3.8, 4) is 5.75 Å². The Morgan fingerprint density at radius 2 is 1.97 bits per heavy atom. The molecule has 1 saturated heterocycles. The van der Waals surface area contributed by atoms with Gasteiger partial charge < -0.3 is 15.0 Å². The molecule has 0 bridgehead atoms. The Morgan fingerprint density at radius 3 is 2.63 bits per heavy atom. The van der Waals surface area contributed by atoms with Crippen molar-refractivity contribution < 1.29 is 22.7 Å². The summed E-state index contributed by atoms with van der Waals surface area (Å²) in [5.74, 6) is -0.325. The van der Waals surface area contributed by atoms with E-state index < -0.39 is 16.1 Å². The molecule has 1 atom stereocenters. The molecule has 2 aliphatic rings. The molecule has 11 heteroatoms. The highest BCUT2D eigenvalue weighted by atomic mass is 35.5. The quantitative estimate of drug-likeness (QED) is 0.760. The molecule has 30 heavy (non-hydrogen) atoms. The molecular weight excluding hydrogens is 432 g/mol. The van der Waals surface area contributed by atoms with Crippen molar-refractivity contribution in [3.63, 3.8) is 0 Å². The largest absolute Gasteiger partial charge is 0.479 e. The molecule has 0 aliphatic carbocycles. The predicted octanol–water partition coefficient (Wildman–Crippen LogP) is 1.60. The topological polar surface area (TPSA) is 109 Å². The molecule has 4 rings (SSSR count). The van der Waals surface area contributed by atoms with Crippen molar-refractivity contribution in [2.24, 2.45) is 0 Å². The van der Waals surface area contributed by atoms with Gasteiger partial charge in [-0.25, -0.2) is 8.42 Å². The normalized spacial score (nSPS) is 19.6. The second kappa shape index (κ2) is 7.86. The van der Waals surface area contributed by atoms with Gasteiger partial charge in [-0.1, -0.05) is 17.7 Å². The highest BCUT2D eigenvalue weighted by Crippen LogP contribution is 2.38. The Balaban J connectivity index is 1.52. The molecular formula is C19H19ClN4O5S. The number of hydrogen-bond donors (Lipinski definition) is 1. The lowest BCUT2D eigenvalue weighted by molar-refractivity contribution is -0.122. The van der Waals surface area contributed by atoms with Crippen molar-refractivity contribution in [1.29, 1.82) is 0 Å². The average Bonchev–Trinajstić information content (AvgIpc) is 2.74. The molecule has 158 valence electrons. The number of hydrogen-bond acceptors (Lipinski definition) is 6. The van der Waals surface area contributed by atoms with E-state index in [0.29, 0.717) is 11.4 Å². The monoisotopic (exact) mass is 450 g/mol. The van der Waals surface area contributed by atoms with Gasteiger partial charge >= 0.3 is 0 Å². The minimum atomic E-state index is -3.92. The fourth-order valence-corrected chi connectivity index (χ4v) is 5.27. The molecule has 9 nitrogen and oxygen atoms in total. The van der Waals surface area contributed by atoms with E-state index in [1.807, 2.05) is 0 Å². The number of pyridine rings is 1. The molecule has 0 radical (unpaired) electrons. The van der Waals surface area contributed by atoms with E-state index in [1.165, 1.54) is 22.6 Å². The van der Waals surface area contributed by atoms with Crippen molar-refractivity contribution in [1.82, 2.24) is 14.2 Å². The molecule has 3 heterocycles. The second-order valence-electron chi connectivity index (χ2n) is 6.94. The zero-order valence-corrected chi connectivity index (χ0v) is 17.6. The number of benzene rings is 1. The van der Waals surface area contributed by atoms with E-state index in [-0.39, 0.29) is 53.7 Å². The number of sulfonamides is 1. The standard InChI is InChI=1S/C19H19ClN4O5S/c1-12-18(25)22-15-10-13(20)17(11-16(15)29-12)30(27,28)24-8-6-23(7-9-24)19(26)14-4-2-3-5-21-14/h2-5,10-12H,6-9H2,1H3,(H,22,25). The molecule has 0 spiro atoms. The summed E-state index contributed by atoms with van der Waals surface area (Å²) in [6.07, 6.45) is 0.799. The summed E-state index contributed by atoms with van der Waals surface area (Å²) in [7, 11) is -3.92. The summed E-state index contributed by atoms with van der Waals surface area (Å²) in [6.45, 7) is 2.30. The van der Waals surface area contributed by atoms with Gasteiger partial charge in [-0.05, 0) is 25.1 Å². The van der Waals surface area contributed by atoms with Crippen LogP contribution in [0, 0.1) is 0 Å². The summed E-state index contributed by atoms with van der Waals surface area (Å²) >= 11 is 6.22. The van der Waals surface area contributed by atoms with Crippen LogP contribution in [0.3, 0.4) is 0 Å². The summed E-state index contributed by atoms with van der Waals surface area (Å²) in [5.41, 5.74) is 0.646. The van der Waals surface area contributed by atoms with Crippen LogP contribution in [0.4, 0.5) is 5.69 Å². The Hall–Kier alpha value is -2.69. The number of fused-ring (bicyclic) bond motifs is 1. The number of piperazine rings is 1. The third-order valence-corrected chi connectivity index (χ3v) is 7.36. The molecule has 2 aromatic rings. The maximum atomic E-state index is 13.2. The Bertz CT molecular complexity index is 1100. The van der Waals surface area contributed by atoms with Crippen molar-refractivity contribution in [3.05, 3.63) is 47.2 Å². The van der Waals surface area contributed by atoms with Crippen LogP contribution in [-0.4, -0.2) is 66.7 Å². The highest BCUT2D eigenvalue weighted by molar-refractivity contribution is 7.89. The minimum Gasteiger partial charge on any atom is -0.479 e. The number of aromatic nitrogens is 1. The average molecular weight is 451 g/mol. The number of rotatable bonds is 3. The van der Waals surface area contributed by atoms with E-state index >= 15 is 0 Å². The van der Waals surface area contributed by atoms with Gasteiger partial charge in [0, 0.05) is 38.4 Å². The van der Waals surface area contributed by atoms with Crippen LogP contribution < -0.4 is 10.1 Å². The predicted molar refractivity (Wildman–Crippen MR) is 109 cm³/mol. The first kappa shape index (κ1) is 20.6. The first-order valence-corrected chi connectivity index (χ1v) is 11.1. The molecule has 1 aromatic carbocycles.